The Hall–Kier alpha value is -1.36. The van der Waals surface area contributed by atoms with Crippen LogP contribution in [0.25, 0.3) is 0 Å². The predicted molar refractivity (Wildman–Crippen MR) is 91.2 cm³/mol. The fourth-order valence-corrected chi connectivity index (χ4v) is 2.97. The van der Waals surface area contributed by atoms with Crippen LogP contribution in [-0.2, 0) is 0 Å². The van der Waals surface area contributed by atoms with Crippen molar-refractivity contribution in [2.45, 2.75) is 38.4 Å². The standard InChI is InChI=1S/C16H26N2O2S/c1-5-16(6-2,21-4)11-18-15(19)12-8-9-14(20-7-3)13(17)10-12/h8-10H,5-7,11,17H2,1-4H3,(H,18,19). The number of rotatable bonds is 8. The van der Waals surface area contributed by atoms with Gasteiger partial charge in [-0.1, -0.05) is 13.8 Å². The number of benzene rings is 1. The van der Waals surface area contributed by atoms with Gasteiger partial charge in [0.05, 0.1) is 12.3 Å². The van der Waals surface area contributed by atoms with Crippen molar-refractivity contribution in [2.24, 2.45) is 0 Å². The van der Waals surface area contributed by atoms with Crippen molar-refractivity contribution in [1.82, 2.24) is 5.32 Å². The second-order valence-corrected chi connectivity index (χ2v) is 6.24. The number of nitrogens with one attached hydrogen (secondary N) is 1. The molecule has 0 fully saturated rings. The summed E-state index contributed by atoms with van der Waals surface area (Å²) in [7, 11) is 0. The average Bonchev–Trinajstić information content (AvgIpc) is 2.51. The summed E-state index contributed by atoms with van der Waals surface area (Å²) in [5, 5.41) is 3.02. The summed E-state index contributed by atoms with van der Waals surface area (Å²) in [5.74, 6) is 0.528. The van der Waals surface area contributed by atoms with Crippen LogP contribution in [0.1, 0.15) is 44.0 Å². The van der Waals surface area contributed by atoms with E-state index in [1.54, 1.807) is 18.2 Å². The zero-order chi connectivity index (χ0) is 15.9. The summed E-state index contributed by atoms with van der Waals surface area (Å²) in [6.07, 6.45) is 4.14. The van der Waals surface area contributed by atoms with Gasteiger partial charge in [-0.2, -0.15) is 11.8 Å². The number of carbonyl (C=O) groups excluding carboxylic acids is 1. The second kappa shape index (κ2) is 8.17. The first-order chi connectivity index (χ1) is 10.0. The molecule has 1 aromatic carbocycles. The molecule has 0 heterocycles. The lowest BCUT2D eigenvalue weighted by Gasteiger charge is -2.29. The Morgan fingerprint density at radius 1 is 1.33 bits per heavy atom. The molecule has 1 rings (SSSR count). The summed E-state index contributed by atoms with van der Waals surface area (Å²) in [4.78, 5) is 12.2. The molecule has 1 aromatic rings. The van der Waals surface area contributed by atoms with Crippen LogP contribution in [-0.4, -0.2) is 30.1 Å². The number of nitrogen functional groups attached to an aromatic ring is 1. The van der Waals surface area contributed by atoms with Crippen molar-refractivity contribution in [2.75, 3.05) is 25.1 Å². The highest BCUT2D eigenvalue weighted by atomic mass is 32.2. The van der Waals surface area contributed by atoms with E-state index < -0.39 is 0 Å². The van der Waals surface area contributed by atoms with Gasteiger partial charge in [-0.25, -0.2) is 0 Å². The van der Waals surface area contributed by atoms with Gasteiger partial charge in [-0.3, -0.25) is 4.79 Å². The van der Waals surface area contributed by atoms with Crippen molar-refractivity contribution in [3.8, 4) is 5.75 Å². The Bertz CT molecular complexity index is 465. The van der Waals surface area contributed by atoms with Gasteiger partial charge < -0.3 is 15.8 Å². The smallest absolute Gasteiger partial charge is 0.251 e. The maximum atomic E-state index is 12.2. The number of carbonyl (C=O) groups is 1. The molecule has 0 spiro atoms. The van der Waals surface area contributed by atoms with Crippen LogP contribution in [0.2, 0.25) is 0 Å². The highest BCUT2D eigenvalue weighted by Gasteiger charge is 2.25. The van der Waals surface area contributed by atoms with Crippen LogP contribution in [0.5, 0.6) is 5.75 Å². The number of hydrogen-bond donors (Lipinski definition) is 2. The monoisotopic (exact) mass is 310 g/mol. The predicted octanol–water partition coefficient (Wildman–Crippen LogP) is 3.32. The minimum atomic E-state index is -0.0925. The normalized spacial score (nSPS) is 11.2. The third kappa shape index (κ3) is 4.56. The highest BCUT2D eigenvalue weighted by Crippen LogP contribution is 2.29. The Morgan fingerprint density at radius 2 is 2.00 bits per heavy atom. The van der Waals surface area contributed by atoms with Crippen molar-refractivity contribution in [1.29, 1.82) is 0 Å². The largest absolute Gasteiger partial charge is 0.492 e. The van der Waals surface area contributed by atoms with E-state index in [0.29, 0.717) is 30.2 Å². The molecule has 0 saturated heterocycles. The van der Waals surface area contributed by atoms with Crippen LogP contribution in [0.3, 0.4) is 0 Å². The van der Waals surface area contributed by atoms with Crippen LogP contribution in [0, 0.1) is 0 Å². The fourth-order valence-electron chi connectivity index (χ4n) is 2.18. The molecule has 1 amide bonds. The maximum absolute atomic E-state index is 12.2. The average molecular weight is 310 g/mol. The maximum Gasteiger partial charge on any atom is 0.251 e. The molecule has 0 atom stereocenters. The van der Waals surface area contributed by atoms with Gasteiger partial charge in [0.15, 0.2) is 0 Å². The third-order valence-electron chi connectivity index (χ3n) is 3.86. The lowest BCUT2D eigenvalue weighted by atomic mass is 10.0. The minimum Gasteiger partial charge on any atom is -0.492 e. The first-order valence-corrected chi connectivity index (χ1v) is 8.60. The molecule has 0 aromatic heterocycles. The van der Waals surface area contributed by atoms with E-state index in [-0.39, 0.29) is 10.7 Å². The number of thioether (sulfide) groups is 1. The zero-order valence-corrected chi connectivity index (χ0v) is 14.2. The van der Waals surface area contributed by atoms with Gasteiger partial charge in [0.2, 0.25) is 0 Å². The first kappa shape index (κ1) is 17.7. The molecule has 0 radical (unpaired) electrons. The van der Waals surface area contributed by atoms with E-state index in [1.165, 1.54) is 0 Å². The summed E-state index contributed by atoms with van der Waals surface area (Å²) in [5.41, 5.74) is 6.96. The van der Waals surface area contributed by atoms with E-state index in [0.717, 1.165) is 12.8 Å². The molecule has 0 saturated carbocycles. The molecule has 3 N–H and O–H groups in total. The number of hydrogen-bond acceptors (Lipinski definition) is 4. The molecule has 4 nitrogen and oxygen atoms in total. The second-order valence-electron chi connectivity index (χ2n) is 4.96. The van der Waals surface area contributed by atoms with Crippen molar-refractivity contribution in [3.05, 3.63) is 23.8 Å². The van der Waals surface area contributed by atoms with E-state index in [1.807, 2.05) is 18.7 Å². The first-order valence-electron chi connectivity index (χ1n) is 7.37. The molecule has 21 heavy (non-hydrogen) atoms. The summed E-state index contributed by atoms with van der Waals surface area (Å²) >= 11 is 1.81. The van der Waals surface area contributed by atoms with Crippen LogP contribution in [0.4, 0.5) is 5.69 Å². The minimum absolute atomic E-state index is 0.0925. The number of anilines is 1. The van der Waals surface area contributed by atoms with Gasteiger partial charge in [-0.15, -0.1) is 0 Å². The van der Waals surface area contributed by atoms with Crippen LogP contribution >= 0.6 is 11.8 Å². The zero-order valence-electron chi connectivity index (χ0n) is 13.4. The molecule has 0 unspecified atom stereocenters. The summed E-state index contributed by atoms with van der Waals surface area (Å²) in [6.45, 7) is 7.42. The fraction of sp³-hybridized carbons (Fsp3) is 0.562. The number of ether oxygens (including phenoxy) is 1. The quantitative estimate of drug-likeness (QED) is 0.723. The Balaban J connectivity index is 2.74. The summed E-state index contributed by atoms with van der Waals surface area (Å²) < 4.78 is 5.48. The van der Waals surface area contributed by atoms with Crippen LogP contribution in [0.15, 0.2) is 18.2 Å². The lowest BCUT2D eigenvalue weighted by molar-refractivity contribution is 0.0949. The van der Waals surface area contributed by atoms with E-state index in [4.69, 9.17) is 10.5 Å². The molecule has 0 aliphatic carbocycles. The van der Waals surface area contributed by atoms with Gasteiger partial charge in [0, 0.05) is 16.9 Å². The molecular formula is C16H26N2O2S. The van der Waals surface area contributed by atoms with Crippen molar-refractivity contribution in [3.63, 3.8) is 0 Å². The third-order valence-corrected chi connectivity index (χ3v) is 5.45. The molecule has 0 aliphatic rings. The van der Waals surface area contributed by atoms with E-state index >= 15 is 0 Å². The number of nitrogens with two attached hydrogens (primary N) is 1. The Morgan fingerprint density at radius 3 is 2.48 bits per heavy atom. The van der Waals surface area contributed by atoms with Gasteiger partial charge >= 0.3 is 0 Å². The van der Waals surface area contributed by atoms with E-state index in [9.17, 15) is 4.79 Å². The number of amides is 1. The Kier molecular flexibility index (Phi) is 6.89. The van der Waals surface area contributed by atoms with E-state index in [2.05, 4.69) is 25.4 Å². The summed E-state index contributed by atoms with van der Waals surface area (Å²) in [6, 6.07) is 5.16. The van der Waals surface area contributed by atoms with Crippen molar-refractivity contribution < 1.29 is 9.53 Å². The molecule has 5 heteroatoms. The molecule has 0 aliphatic heterocycles. The molecule has 0 bridgehead atoms. The lowest BCUT2D eigenvalue weighted by Crippen LogP contribution is -2.39. The van der Waals surface area contributed by atoms with Crippen LogP contribution < -0.4 is 15.8 Å². The molecule has 118 valence electrons. The van der Waals surface area contributed by atoms with Gasteiger partial charge in [0.1, 0.15) is 5.75 Å². The van der Waals surface area contributed by atoms with Gasteiger partial charge in [0.25, 0.3) is 5.91 Å². The topological polar surface area (TPSA) is 64.3 Å². The van der Waals surface area contributed by atoms with Crippen molar-refractivity contribution >= 4 is 23.4 Å². The van der Waals surface area contributed by atoms with Gasteiger partial charge in [-0.05, 0) is 44.2 Å². The molecular weight excluding hydrogens is 284 g/mol. The highest BCUT2D eigenvalue weighted by molar-refractivity contribution is 8.00. The SMILES string of the molecule is CCOc1ccc(C(=O)NCC(CC)(CC)SC)cc1N. The Labute approximate surface area is 131 Å².